The predicted molar refractivity (Wildman–Crippen MR) is 49.2 cm³/mol. The van der Waals surface area contributed by atoms with Gasteiger partial charge >= 0.3 is 0 Å². The number of benzene rings is 1. The van der Waals surface area contributed by atoms with E-state index in [0.29, 0.717) is 6.07 Å². The molecule has 0 amide bonds. The highest BCUT2D eigenvalue weighted by molar-refractivity contribution is 5.51. The molecule has 0 saturated heterocycles. The smallest absolute Gasteiger partial charge is 0.185 e. The van der Waals surface area contributed by atoms with E-state index in [0.717, 1.165) is 12.3 Å². The van der Waals surface area contributed by atoms with Crippen LogP contribution in [-0.4, -0.2) is 0 Å². The molecule has 0 aliphatic rings. The summed E-state index contributed by atoms with van der Waals surface area (Å²) < 4.78 is 38.8. The first-order chi connectivity index (χ1) is 7.60. The second-order valence-corrected chi connectivity index (χ2v) is 2.64. The van der Waals surface area contributed by atoms with Gasteiger partial charge in [0.2, 0.25) is 0 Å². The molecule has 0 fully saturated rings. The maximum absolute atomic E-state index is 13.0. The Bertz CT molecular complexity index is 507. The SMILES string of the molecule is N#CC(C#N)=CNc1c(F)ccc(F)c1F. The van der Waals surface area contributed by atoms with E-state index in [1.54, 1.807) is 0 Å². The second-order valence-electron chi connectivity index (χ2n) is 2.64. The number of nitrogens with zero attached hydrogens (tertiary/aromatic N) is 2. The second kappa shape index (κ2) is 4.85. The van der Waals surface area contributed by atoms with Crippen LogP contribution in [0.2, 0.25) is 0 Å². The van der Waals surface area contributed by atoms with Crippen molar-refractivity contribution in [2.75, 3.05) is 5.32 Å². The third-order valence-electron chi connectivity index (χ3n) is 1.65. The summed E-state index contributed by atoms with van der Waals surface area (Å²) >= 11 is 0. The lowest BCUT2D eigenvalue weighted by Crippen LogP contribution is -1.99. The first kappa shape index (κ1) is 11.6. The fourth-order valence-electron chi connectivity index (χ4n) is 0.893. The van der Waals surface area contributed by atoms with E-state index in [9.17, 15) is 13.2 Å². The lowest BCUT2D eigenvalue weighted by Gasteiger charge is -2.04. The number of nitriles is 2. The van der Waals surface area contributed by atoms with Crippen LogP contribution in [0, 0.1) is 40.1 Å². The molecule has 1 N–H and O–H groups in total. The maximum Gasteiger partial charge on any atom is 0.185 e. The highest BCUT2D eigenvalue weighted by Gasteiger charge is 2.12. The Morgan fingerprint density at radius 1 is 1.12 bits per heavy atom. The zero-order valence-electron chi connectivity index (χ0n) is 7.76. The van der Waals surface area contributed by atoms with Gasteiger partial charge in [-0.15, -0.1) is 0 Å². The summed E-state index contributed by atoms with van der Waals surface area (Å²) in [5, 5.41) is 18.7. The van der Waals surface area contributed by atoms with Gasteiger partial charge in [-0.05, 0) is 12.1 Å². The average Bonchev–Trinajstić information content (AvgIpc) is 2.29. The molecular formula is C10H4F3N3. The molecule has 0 spiro atoms. The van der Waals surface area contributed by atoms with Crippen molar-refractivity contribution in [1.29, 1.82) is 10.5 Å². The van der Waals surface area contributed by atoms with Gasteiger partial charge in [0, 0.05) is 6.20 Å². The fraction of sp³-hybridized carbons (Fsp3) is 0. The molecule has 1 rings (SSSR count). The fourth-order valence-corrected chi connectivity index (χ4v) is 0.893. The minimum Gasteiger partial charge on any atom is -0.355 e. The molecule has 0 unspecified atom stereocenters. The number of hydrogen-bond acceptors (Lipinski definition) is 3. The number of hydrogen-bond donors (Lipinski definition) is 1. The van der Waals surface area contributed by atoms with Crippen molar-refractivity contribution in [3.05, 3.63) is 41.4 Å². The van der Waals surface area contributed by atoms with Crippen LogP contribution >= 0.6 is 0 Å². The number of halogens is 3. The molecule has 80 valence electrons. The van der Waals surface area contributed by atoms with Crippen molar-refractivity contribution in [3.8, 4) is 12.1 Å². The largest absolute Gasteiger partial charge is 0.355 e. The number of rotatable bonds is 2. The Kier molecular flexibility index (Phi) is 3.52. The Hall–Kier alpha value is -2.47. The Balaban J connectivity index is 3.09. The summed E-state index contributed by atoms with van der Waals surface area (Å²) in [6, 6.07) is 4.31. The van der Waals surface area contributed by atoms with Crippen molar-refractivity contribution < 1.29 is 13.2 Å². The van der Waals surface area contributed by atoms with Crippen LogP contribution in [0.5, 0.6) is 0 Å². The lowest BCUT2D eigenvalue weighted by atomic mass is 10.2. The third-order valence-corrected chi connectivity index (χ3v) is 1.65. The van der Waals surface area contributed by atoms with Crippen molar-refractivity contribution >= 4 is 5.69 Å². The zero-order chi connectivity index (χ0) is 12.1. The van der Waals surface area contributed by atoms with Gasteiger partial charge in [0.1, 0.15) is 29.2 Å². The first-order valence-electron chi connectivity index (χ1n) is 4.00. The van der Waals surface area contributed by atoms with Crippen molar-refractivity contribution in [2.24, 2.45) is 0 Å². The number of allylic oxidation sites excluding steroid dienone is 1. The van der Waals surface area contributed by atoms with Crippen LogP contribution in [0.3, 0.4) is 0 Å². The van der Waals surface area contributed by atoms with E-state index in [2.05, 4.69) is 0 Å². The first-order valence-corrected chi connectivity index (χ1v) is 4.00. The van der Waals surface area contributed by atoms with E-state index in [1.165, 1.54) is 12.1 Å². The monoisotopic (exact) mass is 223 g/mol. The molecule has 0 heterocycles. The van der Waals surface area contributed by atoms with Gasteiger partial charge in [-0.1, -0.05) is 0 Å². The molecule has 0 aliphatic heterocycles. The average molecular weight is 223 g/mol. The summed E-state index contributed by atoms with van der Waals surface area (Å²) in [5.74, 6) is -3.66. The summed E-state index contributed by atoms with van der Waals surface area (Å²) in [6.07, 6.45) is 0.793. The maximum atomic E-state index is 13.0. The minimum absolute atomic E-state index is 0.386. The van der Waals surface area contributed by atoms with Gasteiger partial charge in [-0.25, -0.2) is 13.2 Å². The van der Waals surface area contributed by atoms with E-state index in [-0.39, 0.29) is 5.57 Å². The number of anilines is 1. The molecule has 6 heteroatoms. The Labute approximate surface area is 89.0 Å². The third kappa shape index (κ3) is 2.31. The summed E-state index contributed by atoms with van der Waals surface area (Å²) in [4.78, 5) is 0. The molecule has 0 bridgehead atoms. The molecule has 0 aliphatic carbocycles. The molecule has 0 saturated carbocycles. The minimum atomic E-state index is -1.41. The van der Waals surface area contributed by atoms with E-state index in [1.807, 2.05) is 5.32 Å². The molecule has 16 heavy (non-hydrogen) atoms. The predicted octanol–water partition coefficient (Wildman–Crippen LogP) is 2.45. The topological polar surface area (TPSA) is 59.6 Å². The van der Waals surface area contributed by atoms with Crippen LogP contribution in [0.15, 0.2) is 23.9 Å². The molecule has 1 aromatic carbocycles. The standard InChI is InChI=1S/C10H4F3N3/c11-7-1-2-8(12)10(9(7)13)16-5-6(3-14)4-15/h1-2,5,16H. The summed E-state index contributed by atoms with van der Waals surface area (Å²) in [7, 11) is 0. The van der Waals surface area contributed by atoms with Crippen LogP contribution in [0.25, 0.3) is 0 Å². The van der Waals surface area contributed by atoms with Crippen molar-refractivity contribution in [2.45, 2.75) is 0 Å². The lowest BCUT2D eigenvalue weighted by molar-refractivity contribution is 0.499. The summed E-state index contributed by atoms with van der Waals surface area (Å²) in [5.41, 5.74) is -1.13. The van der Waals surface area contributed by atoms with Gasteiger partial charge in [-0.2, -0.15) is 10.5 Å². The highest BCUT2D eigenvalue weighted by atomic mass is 19.2. The molecule has 0 atom stereocenters. The molecule has 1 aromatic rings. The highest BCUT2D eigenvalue weighted by Crippen LogP contribution is 2.21. The molecule has 3 nitrogen and oxygen atoms in total. The molecule has 0 radical (unpaired) electrons. The van der Waals surface area contributed by atoms with Crippen molar-refractivity contribution in [1.82, 2.24) is 0 Å². The van der Waals surface area contributed by atoms with Gasteiger partial charge in [-0.3, -0.25) is 0 Å². The summed E-state index contributed by atoms with van der Waals surface area (Å²) in [6.45, 7) is 0. The van der Waals surface area contributed by atoms with Crippen LogP contribution < -0.4 is 5.32 Å². The Morgan fingerprint density at radius 3 is 2.25 bits per heavy atom. The number of nitrogens with one attached hydrogen (secondary N) is 1. The van der Waals surface area contributed by atoms with Crippen LogP contribution in [0.1, 0.15) is 0 Å². The van der Waals surface area contributed by atoms with Gasteiger partial charge < -0.3 is 5.32 Å². The van der Waals surface area contributed by atoms with Gasteiger partial charge in [0.25, 0.3) is 0 Å². The van der Waals surface area contributed by atoms with Gasteiger partial charge in [0.05, 0.1) is 0 Å². The van der Waals surface area contributed by atoms with Gasteiger partial charge in [0.15, 0.2) is 11.6 Å². The van der Waals surface area contributed by atoms with E-state index >= 15 is 0 Å². The van der Waals surface area contributed by atoms with E-state index < -0.39 is 23.1 Å². The molecule has 0 aromatic heterocycles. The molecular weight excluding hydrogens is 219 g/mol. The van der Waals surface area contributed by atoms with E-state index in [4.69, 9.17) is 10.5 Å². The van der Waals surface area contributed by atoms with Crippen LogP contribution in [-0.2, 0) is 0 Å². The normalized spacial score (nSPS) is 8.81. The zero-order valence-corrected chi connectivity index (χ0v) is 7.76. The quantitative estimate of drug-likeness (QED) is 0.618. The van der Waals surface area contributed by atoms with Crippen LogP contribution in [0.4, 0.5) is 18.9 Å². The Morgan fingerprint density at radius 2 is 1.69 bits per heavy atom. The van der Waals surface area contributed by atoms with Crippen molar-refractivity contribution in [3.63, 3.8) is 0 Å².